The molecule has 0 bridgehead atoms. The second-order valence-electron chi connectivity index (χ2n) is 6.33. The predicted molar refractivity (Wildman–Crippen MR) is 104 cm³/mol. The highest BCUT2D eigenvalue weighted by Crippen LogP contribution is 2.52. The zero-order valence-electron chi connectivity index (χ0n) is 16.0. The fourth-order valence-electron chi connectivity index (χ4n) is 3.43. The first kappa shape index (κ1) is 19.9. The summed E-state index contributed by atoms with van der Waals surface area (Å²) in [7, 11) is 4.45. The Balaban J connectivity index is 2.09. The Morgan fingerprint density at radius 3 is 2.14 bits per heavy atom. The summed E-state index contributed by atoms with van der Waals surface area (Å²) in [6.07, 6.45) is 2.88. The van der Waals surface area contributed by atoms with Crippen LogP contribution in [0.5, 0.6) is 28.7 Å². The van der Waals surface area contributed by atoms with Crippen molar-refractivity contribution >= 4 is 6.08 Å². The Bertz CT molecular complexity index is 850. The number of aliphatic hydroxyl groups excluding tert-OH is 2. The van der Waals surface area contributed by atoms with Gasteiger partial charge in [-0.3, -0.25) is 0 Å². The number of phenolic OH excluding ortho intramolecular Hbond substituents is 1. The lowest BCUT2D eigenvalue weighted by Gasteiger charge is -2.20. The molecule has 2 aromatic carbocycles. The van der Waals surface area contributed by atoms with Crippen LogP contribution < -0.4 is 18.9 Å². The molecule has 0 saturated heterocycles. The molecule has 3 N–H and O–H groups in total. The first-order valence-electron chi connectivity index (χ1n) is 8.79. The van der Waals surface area contributed by atoms with Crippen LogP contribution in [0.4, 0.5) is 0 Å². The van der Waals surface area contributed by atoms with E-state index in [1.165, 1.54) is 14.2 Å². The van der Waals surface area contributed by atoms with E-state index in [1.54, 1.807) is 37.5 Å². The highest BCUT2D eigenvalue weighted by Gasteiger charge is 2.38. The molecular weight excluding hydrogens is 364 g/mol. The van der Waals surface area contributed by atoms with Gasteiger partial charge in [0.25, 0.3) is 0 Å². The topological polar surface area (TPSA) is 97.6 Å². The van der Waals surface area contributed by atoms with Crippen LogP contribution in [0.15, 0.2) is 30.3 Å². The molecule has 28 heavy (non-hydrogen) atoms. The van der Waals surface area contributed by atoms with Gasteiger partial charge in [-0.2, -0.15) is 0 Å². The van der Waals surface area contributed by atoms with Crippen molar-refractivity contribution in [1.82, 2.24) is 0 Å². The number of methoxy groups -OCH3 is 3. The molecule has 1 heterocycles. The van der Waals surface area contributed by atoms with Crippen LogP contribution in [-0.4, -0.2) is 49.9 Å². The van der Waals surface area contributed by atoms with Crippen LogP contribution >= 0.6 is 0 Å². The van der Waals surface area contributed by atoms with Crippen molar-refractivity contribution in [3.05, 3.63) is 47.0 Å². The number of benzene rings is 2. The Kier molecular flexibility index (Phi) is 5.96. The van der Waals surface area contributed by atoms with Gasteiger partial charge in [0.2, 0.25) is 5.75 Å². The van der Waals surface area contributed by atoms with E-state index in [-0.39, 0.29) is 36.4 Å². The Morgan fingerprint density at radius 1 is 0.964 bits per heavy atom. The van der Waals surface area contributed by atoms with E-state index < -0.39 is 6.10 Å². The van der Waals surface area contributed by atoms with E-state index in [4.69, 9.17) is 24.1 Å². The minimum atomic E-state index is -0.519. The average molecular weight is 388 g/mol. The number of hydrogen-bond donors (Lipinski definition) is 3. The predicted octanol–water partition coefficient (Wildman–Crippen LogP) is 2.63. The first-order valence-corrected chi connectivity index (χ1v) is 8.79. The van der Waals surface area contributed by atoms with E-state index in [9.17, 15) is 10.2 Å². The van der Waals surface area contributed by atoms with E-state index in [0.29, 0.717) is 17.1 Å². The molecule has 0 aromatic heterocycles. The van der Waals surface area contributed by atoms with Gasteiger partial charge in [-0.05, 0) is 29.8 Å². The summed E-state index contributed by atoms with van der Waals surface area (Å²) in [6.45, 7) is -0.228. The Morgan fingerprint density at radius 2 is 1.61 bits per heavy atom. The SMILES string of the molecule is COc1cc(C2Oc3c(OC)cc(C=CCO)cc3C2CO)cc(OC)c1O. The van der Waals surface area contributed by atoms with Crippen molar-refractivity contribution in [2.75, 3.05) is 34.5 Å². The maximum Gasteiger partial charge on any atom is 0.200 e. The fraction of sp³-hybridized carbons (Fsp3) is 0.333. The monoisotopic (exact) mass is 388 g/mol. The molecule has 0 aliphatic carbocycles. The lowest BCUT2D eigenvalue weighted by Crippen LogP contribution is -2.13. The van der Waals surface area contributed by atoms with Crippen molar-refractivity contribution in [3.63, 3.8) is 0 Å². The zero-order chi connectivity index (χ0) is 20.3. The summed E-state index contributed by atoms with van der Waals surface area (Å²) >= 11 is 0. The zero-order valence-corrected chi connectivity index (χ0v) is 16.0. The van der Waals surface area contributed by atoms with Gasteiger partial charge in [-0.25, -0.2) is 0 Å². The largest absolute Gasteiger partial charge is 0.502 e. The third-order valence-corrected chi connectivity index (χ3v) is 4.78. The first-order chi connectivity index (χ1) is 13.6. The summed E-state index contributed by atoms with van der Waals surface area (Å²) in [4.78, 5) is 0. The van der Waals surface area contributed by atoms with E-state index in [2.05, 4.69) is 0 Å². The Labute approximate surface area is 163 Å². The molecule has 1 aliphatic heterocycles. The van der Waals surface area contributed by atoms with Gasteiger partial charge in [0.05, 0.1) is 40.5 Å². The van der Waals surface area contributed by atoms with Gasteiger partial charge in [-0.1, -0.05) is 12.2 Å². The quantitative estimate of drug-likeness (QED) is 0.671. The average Bonchev–Trinajstić information content (AvgIpc) is 3.10. The molecule has 0 spiro atoms. The second kappa shape index (κ2) is 8.41. The van der Waals surface area contributed by atoms with Crippen LogP contribution in [0.1, 0.15) is 28.7 Å². The van der Waals surface area contributed by atoms with Gasteiger partial charge in [0, 0.05) is 11.1 Å². The summed E-state index contributed by atoms with van der Waals surface area (Å²) in [5.41, 5.74) is 2.32. The number of fused-ring (bicyclic) bond motifs is 1. The van der Waals surface area contributed by atoms with Crippen molar-refractivity contribution in [2.45, 2.75) is 12.0 Å². The van der Waals surface area contributed by atoms with Crippen LogP contribution in [-0.2, 0) is 0 Å². The molecule has 7 nitrogen and oxygen atoms in total. The van der Waals surface area contributed by atoms with Crippen molar-refractivity contribution in [2.24, 2.45) is 0 Å². The minimum absolute atomic E-state index is 0.0744. The lowest BCUT2D eigenvalue weighted by molar-refractivity contribution is 0.156. The molecule has 2 atom stereocenters. The van der Waals surface area contributed by atoms with Gasteiger partial charge in [0.15, 0.2) is 23.0 Å². The van der Waals surface area contributed by atoms with Crippen LogP contribution in [0.25, 0.3) is 6.08 Å². The number of ether oxygens (including phenoxy) is 4. The van der Waals surface area contributed by atoms with Crippen LogP contribution in [0.2, 0.25) is 0 Å². The third kappa shape index (κ3) is 3.46. The van der Waals surface area contributed by atoms with Gasteiger partial charge >= 0.3 is 0 Å². The Hall–Kier alpha value is -2.90. The molecule has 0 radical (unpaired) electrons. The maximum absolute atomic E-state index is 10.2. The number of phenols is 1. The number of aliphatic hydroxyl groups is 2. The second-order valence-corrected chi connectivity index (χ2v) is 6.33. The molecule has 2 unspecified atom stereocenters. The molecule has 0 fully saturated rings. The van der Waals surface area contributed by atoms with Crippen molar-refractivity contribution in [1.29, 1.82) is 0 Å². The third-order valence-electron chi connectivity index (χ3n) is 4.78. The molecule has 7 heteroatoms. The molecule has 2 aromatic rings. The standard InChI is InChI=1S/C21H24O7/c1-25-16-9-13(10-17(26-2)19(16)24)20-15(11-23)14-7-12(5-4-6-22)8-18(27-3)21(14)28-20/h4-5,7-10,15,20,22-24H,6,11H2,1-3H3. The highest BCUT2D eigenvalue weighted by molar-refractivity contribution is 5.63. The van der Waals surface area contributed by atoms with Crippen molar-refractivity contribution in [3.8, 4) is 28.7 Å². The lowest BCUT2D eigenvalue weighted by atomic mass is 9.90. The summed E-state index contributed by atoms with van der Waals surface area (Å²) in [5, 5.41) is 29.3. The number of aromatic hydroxyl groups is 1. The van der Waals surface area contributed by atoms with E-state index in [1.807, 2.05) is 6.07 Å². The molecule has 0 saturated carbocycles. The van der Waals surface area contributed by atoms with Crippen LogP contribution in [0.3, 0.4) is 0 Å². The summed E-state index contributed by atoms with van der Waals surface area (Å²) in [5.74, 6) is 1.14. The molecule has 150 valence electrons. The normalized spacial score (nSPS) is 18.0. The summed E-state index contributed by atoms with van der Waals surface area (Å²) < 4.78 is 22.1. The van der Waals surface area contributed by atoms with Gasteiger partial charge in [0.1, 0.15) is 6.10 Å². The van der Waals surface area contributed by atoms with E-state index >= 15 is 0 Å². The van der Waals surface area contributed by atoms with Crippen LogP contribution in [0, 0.1) is 0 Å². The molecule has 1 aliphatic rings. The number of rotatable bonds is 7. The van der Waals surface area contributed by atoms with Gasteiger partial charge in [-0.15, -0.1) is 0 Å². The fourth-order valence-corrected chi connectivity index (χ4v) is 3.43. The molecule has 3 rings (SSSR count). The number of hydrogen-bond acceptors (Lipinski definition) is 7. The smallest absolute Gasteiger partial charge is 0.200 e. The minimum Gasteiger partial charge on any atom is -0.502 e. The van der Waals surface area contributed by atoms with Gasteiger partial charge < -0.3 is 34.3 Å². The van der Waals surface area contributed by atoms with E-state index in [0.717, 1.165) is 11.1 Å². The molecule has 0 amide bonds. The maximum atomic E-state index is 10.2. The molecular formula is C21H24O7. The highest BCUT2D eigenvalue weighted by atomic mass is 16.5. The summed E-state index contributed by atoms with van der Waals surface area (Å²) in [6, 6.07) is 7.03. The van der Waals surface area contributed by atoms with Crippen molar-refractivity contribution < 1.29 is 34.3 Å².